The van der Waals surface area contributed by atoms with E-state index in [1.807, 2.05) is 12.2 Å². The third-order valence-electron chi connectivity index (χ3n) is 1.29. The Morgan fingerprint density at radius 2 is 1.18 bits per heavy atom. The average molecular weight is 156 g/mol. The Balaban J connectivity index is 3.02. The van der Waals surface area contributed by atoms with Gasteiger partial charge in [0.1, 0.15) is 0 Å². The minimum Gasteiger partial charge on any atom is -0.392 e. The van der Waals surface area contributed by atoms with Crippen LogP contribution < -0.4 is 0 Å². The highest BCUT2D eigenvalue weighted by molar-refractivity contribution is 4.84. The van der Waals surface area contributed by atoms with Gasteiger partial charge in [-0.1, -0.05) is 24.3 Å². The lowest BCUT2D eigenvalue weighted by atomic mass is 10.2. The molecule has 0 bridgehead atoms. The first-order chi connectivity index (χ1) is 5.41. The van der Waals surface area contributed by atoms with Gasteiger partial charge in [0.25, 0.3) is 0 Å². The molecule has 2 N–H and O–H groups in total. The highest BCUT2D eigenvalue weighted by Gasteiger charge is 1.79. The fraction of sp³-hybridized carbons (Fsp3) is 0.556. The van der Waals surface area contributed by atoms with E-state index in [-0.39, 0.29) is 13.2 Å². The van der Waals surface area contributed by atoms with E-state index < -0.39 is 0 Å². The van der Waals surface area contributed by atoms with Gasteiger partial charge >= 0.3 is 0 Å². The standard InChI is InChI=1S/C9H16O2/c10-8-6-4-2-1-3-5-7-9-11/h4-7,10-11H,1-3,8-9H2/b6-4+,7-5+. The van der Waals surface area contributed by atoms with Crippen LogP contribution in [0.5, 0.6) is 0 Å². The van der Waals surface area contributed by atoms with Crippen LogP contribution in [0.1, 0.15) is 19.3 Å². The minimum atomic E-state index is 0.131. The molecular weight excluding hydrogens is 140 g/mol. The number of rotatable bonds is 6. The van der Waals surface area contributed by atoms with Crippen LogP contribution in [0.15, 0.2) is 24.3 Å². The molecule has 0 saturated carbocycles. The Morgan fingerprint density at radius 1 is 0.727 bits per heavy atom. The van der Waals surface area contributed by atoms with Crippen molar-refractivity contribution in [2.24, 2.45) is 0 Å². The number of unbranched alkanes of at least 4 members (excludes halogenated alkanes) is 2. The fourth-order valence-corrected chi connectivity index (χ4v) is 0.738. The molecule has 0 aliphatic carbocycles. The van der Waals surface area contributed by atoms with Crippen LogP contribution in [0.3, 0.4) is 0 Å². The summed E-state index contributed by atoms with van der Waals surface area (Å²) >= 11 is 0. The molecule has 0 atom stereocenters. The average Bonchev–Trinajstić information content (AvgIpc) is 2.03. The van der Waals surface area contributed by atoms with Crippen molar-refractivity contribution in [1.29, 1.82) is 0 Å². The van der Waals surface area contributed by atoms with Gasteiger partial charge in [0, 0.05) is 0 Å². The summed E-state index contributed by atoms with van der Waals surface area (Å²) in [5.74, 6) is 0. The van der Waals surface area contributed by atoms with Crippen LogP contribution in [0, 0.1) is 0 Å². The van der Waals surface area contributed by atoms with E-state index in [0.29, 0.717) is 0 Å². The molecule has 0 aliphatic heterocycles. The van der Waals surface area contributed by atoms with Gasteiger partial charge in [-0.2, -0.15) is 0 Å². The topological polar surface area (TPSA) is 40.5 Å². The minimum absolute atomic E-state index is 0.131. The van der Waals surface area contributed by atoms with Crippen molar-refractivity contribution < 1.29 is 10.2 Å². The molecule has 0 aromatic heterocycles. The summed E-state index contributed by atoms with van der Waals surface area (Å²) in [5, 5.41) is 16.7. The summed E-state index contributed by atoms with van der Waals surface area (Å²) < 4.78 is 0. The van der Waals surface area contributed by atoms with Gasteiger partial charge in [-0.15, -0.1) is 0 Å². The van der Waals surface area contributed by atoms with Crippen molar-refractivity contribution in [3.05, 3.63) is 24.3 Å². The van der Waals surface area contributed by atoms with Crippen LogP contribution >= 0.6 is 0 Å². The van der Waals surface area contributed by atoms with E-state index in [0.717, 1.165) is 19.3 Å². The number of aliphatic hydroxyl groups excluding tert-OH is 2. The summed E-state index contributed by atoms with van der Waals surface area (Å²) in [6.45, 7) is 0.263. The largest absolute Gasteiger partial charge is 0.392 e. The first kappa shape index (κ1) is 10.4. The van der Waals surface area contributed by atoms with Crippen molar-refractivity contribution in [3.63, 3.8) is 0 Å². The summed E-state index contributed by atoms with van der Waals surface area (Å²) in [4.78, 5) is 0. The fourth-order valence-electron chi connectivity index (χ4n) is 0.738. The zero-order chi connectivity index (χ0) is 8.36. The molecule has 0 radical (unpaired) electrons. The maximum atomic E-state index is 8.37. The van der Waals surface area contributed by atoms with E-state index in [1.165, 1.54) is 0 Å². The highest BCUT2D eigenvalue weighted by Crippen LogP contribution is 1.97. The molecule has 2 heteroatoms. The van der Waals surface area contributed by atoms with Crippen LogP contribution in [0.4, 0.5) is 0 Å². The van der Waals surface area contributed by atoms with Gasteiger partial charge < -0.3 is 10.2 Å². The zero-order valence-electron chi connectivity index (χ0n) is 6.74. The molecule has 0 aliphatic rings. The number of hydrogen-bond acceptors (Lipinski definition) is 2. The predicted octanol–water partition coefficient (Wildman–Crippen LogP) is 1.25. The third-order valence-corrected chi connectivity index (χ3v) is 1.29. The van der Waals surface area contributed by atoms with Crippen LogP contribution in [0.2, 0.25) is 0 Å². The first-order valence-corrected chi connectivity index (χ1v) is 3.93. The lowest BCUT2D eigenvalue weighted by Gasteiger charge is -1.88. The summed E-state index contributed by atoms with van der Waals surface area (Å²) in [5.41, 5.74) is 0. The van der Waals surface area contributed by atoms with Gasteiger partial charge in [0.15, 0.2) is 0 Å². The van der Waals surface area contributed by atoms with Crippen molar-refractivity contribution in [1.82, 2.24) is 0 Å². The summed E-state index contributed by atoms with van der Waals surface area (Å²) in [6.07, 6.45) is 10.5. The molecule has 64 valence electrons. The van der Waals surface area contributed by atoms with E-state index in [2.05, 4.69) is 0 Å². The van der Waals surface area contributed by atoms with E-state index in [1.54, 1.807) is 12.2 Å². The molecule has 0 aromatic carbocycles. The maximum Gasteiger partial charge on any atom is 0.0612 e. The molecule has 0 fully saturated rings. The number of aliphatic hydroxyl groups is 2. The molecule has 11 heavy (non-hydrogen) atoms. The Kier molecular flexibility index (Phi) is 8.89. The summed E-state index contributed by atoms with van der Waals surface area (Å²) in [6, 6.07) is 0. The number of allylic oxidation sites excluding steroid dienone is 2. The second-order valence-electron chi connectivity index (χ2n) is 2.24. The van der Waals surface area contributed by atoms with Gasteiger partial charge in [0.05, 0.1) is 13.2 Å². The van der Waals surface area contributed by atoms with E-state index >= 15 is 0 Å². The third kappa shape index (κ3) is 9.40. The second-order valence-corrected chi connectivity index (χ2v) is 2.24. The van der Waals surface area contributed by atoms with Gasteiger partial charge in [0.2, 0.25) is 0 Å². The molecule has 0 unspecified atom stereocenters. The smallest absolute Gasteiger partial charge is 0.0612 e. The molecule has 0 aromatic rings. The Labute approximate surface area is 67.9 Å². The summed E-state index contributed by atoms with van der Waals surface area (Å²) in [7, 11) is 0. The molecule has 0 amide bonds. The van der Waals surface area contributed by atoms with Gasteiger partial charge in [-0.3, -0.25) is 0 Å². The van der Waals surface area contributed by atoms with E-state index in [9.17, 15) is 0 Å². The molecule has 2 nitrogen and oxygen atoms in total. The van der Waals surface area contributed by atoms with Crippen LogP contribution in [-0.4, -0.2) is 23.4 Å². The van der Waals surface area contributed by atoms with Gasteiger partial charge in [-0.25, -0.2) is 0 Å². The van der Waals surface area contributed by atoms with Crippen molar-refractivity contribution >= 4 is 0 Å². The SMILES string of the molecule is OC/C=C/CCC/C=C/CO. The predicted molar refractivity (Wildman–Crippen MR) is 46.3 cm³/mol. The normalized spacial score (nSPS) is 11.8. The number of hydrogen-bond donors (Lipinski definition) is 2. The van der Waals surface area contributed by atoms with Crippen LogP contribution in [0.25, 0.3) is 0 Å². The lowest BCUT2D eigenvalue weighted by Crippen LogP contribution is -1.74. The van der Waals surface area contributed by atoms with Crippen LogP contribution in [-0.2, 0) is 0 Å². The van der Waals surface area contributed by atoms with Crippen molar-refractivity contribution in [3.8, 4) is 0 Å². The second kappa shape index (κ2) is 9.40. The maximum absolute atomic E-state index is 8.37. The Hall–Kier alpha value is -0.600. The molecular formula is C9H16O2. The Bertz CT molecular complexity index is 103. The monoisotopic (exact) mass is 156 g/mol. The van der Waals surface area contributed by atoms with E-state index in [4.69, 9.17) is 10.2 Å². The molecule has 0 spiro atoms. The molecule has 0 rings (SSSR count). The highest BCUT2D eigenvalue weighted by atomic mass is 16.3. The zero-order valence-corrected chi connectivity index (χ0v) is 6.74. The van der Waals surface area contributed by atoms with Crippen molar-refractivity contribution in [2.45, 2.75) is 19.3 Å². The first-order valence-electron chi connectivity index (χ1n) is 3.93. The Morgan fingerprint density at radius 3 is 1.55 bits per heavy atom. The molecule has 0 saturated heterocycles. The quantitative estimate of drug-likeness (QED) is 0.449. The lowest BCUT2D eigenvalue weighted by molar-refractivity contribution is 0.342. The van der Waals surface area contributed by atoms with Gasteiger partial charge in [-0.05, 0) is 19.3 Å². The van der Waals surface area contributed by atoms with Crippen molar-refractivity contribution in [2.75, 3.05) is 13.2 Å². The molecule has 0 heterocycles.